The largest absolute Gasteiger partial charge is 0.380 e. The van der Waals surface area contributed by atoms with Crippen LogP contribution in [0.3, 0.4) is 0 Å². The average molecular weight is 380 g/mol. The molecule has 1 fully saturated rings. The molecule has 4 heterocycles. The Hall–Kier alpha value is -0.960. The number of nitrogens with zero attached hydrogens (tertiary/aromatic N) is 5. The van der Waals surface area contributed by atoms with Gasteiger partial charge < -0.3 is 5.11 Å². The molecule has 25 heavy (non-hydrogen) atoms. The van der Waals surface area contributed by atoms with Crippen molar-refractivity contribution in [2.45, 2.75) is 31.7 Å². The number of rotatable bonds is 3. The Morgan fingerprint density at radius 2 is 2.04 bits per heavy atom. The number of hydrogen-bond acceptors (Lipinski definition) is 6. The van der Waals surface area contributed by atoms with Gasteiger partial charge in [0.15, 0.2) is 0 Å². The Morgan fingerprint density at radius 1 is 1.24 bits per heavy atom. The highest BCUT2D eigenvalue weighted by molar-refractivity contribution is 8.03. The molecule has 2 aromatic heterocycles. The lowest BCUT2D eigenvalue weighted by Gasteiger charge is -2.28. The third kappa shape index (κ3) is 3.77. The summed E-state index contributed by atoms with van der Waals surface area (Å²) in [6.45, 7) is 2.99. The Kier molecular flexibility index (Phi) is 5.40. The number of aromatic nitrogens is 4. The van der Waals surface area contributed by atoms with E-state index < -0.39 is 6.10 Å². The van der Waals surface area contributed by atoms with E-state index in [1.807, 2.05) is 13.1 Å². The SMILES string of the molecule is Cn1nccc1[C@@H](O)c1cc2n(n1)CCCN(C1CSCCSC1)C2. The predicted octanol–water partition coefficient (Wildman–Crippen LogP) is 1.75. The fourth-order valence-electron chi connectivity index (χ4n) is 3.57. The highest BCUT2D eigenvalue weighted by Crippen LogP contribution is 2.26. The van der Waals surface area contributed by atoms with Crippen molar-refractivity contribution in [2.75, 3.05) is 29.6 Å². The molecule has 0 amide bonds. The molecule has 6 nitrogen and oxygen atoms in total. The van der Waals surface area contributed by atoms with Crippen LogP contribution in [0.15, 0.2) is 18.3 Å². The van der Waals surface area contributed by atoms with Crippen molar-refractivity contribution < 1.29 is 5.11 Å². The molecule has 0 unspecified atom stereocenters. The molecule has 2 aliphatic heterocycles. The third-order valence-corrected chi connectivity index (χ3v) is 7.48. The Morgan fingerprint density at radius 3 is 2.76 bits per heavy atom. The Labute approximate surface area is 157 Å². The summed E-state index contributed by atoms with van der Waals surface area (Å²) in [6, 6.07) is 4.57. The Balaban J connectivity index is 1.53. The topological polar surface area (TPSA) is 59.1 Å². The van der Waals surface area contributed by atoms with Gasteiger partial charge in [0.1, 0.15) is 6.10 Å². The molecule has 1 N–H and O–H groups in total. The second kappa shape index (κ2) is 7.73. The molecule has 8 heteroatoms. The van der Waals surface area contributed by atoms with E-state index in [4.69, 9.17) is 5.10 Å². The smallest absolute Gasteiger partial charge is 0.139 e. The zero-order valence-corrected chi connectivity index (χ0v) is 16.2. The Bertz CT molecular complexity index is 708. The number of fused-ring (bicyclic) bond motifs is 1. The first kappa shape index (κ1) is 17.5. The van der Waals surface area contributed by atoms with Crippen LogP contribution in [0.1, 0.15) is 29.6 Å². The first-order valence-electron chi connectivity index (χ1n) is 8.84. The summed E-state index contributed by atoms with van der Waals surface area (Å²) in [4.78, 5) is 2.62. The van der Waals surface area contributed by atoms with Gasteiger partial charge in [0, 0.05) is 61.9 Å². The van der Waals surface area contributed by atoms with Crippen LogP contribution in [0.25, 0.3) is 0 Å². The average Bonchev–Trinajstić information content (AvgIpc) is 3.03. The fourth-order valence-corrected chi connectivity index (χ4v) is 6.20. The van der Waals surface area contributed by atoms with Crippen molar-refractivity contribution in [3.8, 4) is 0 Å². The maximum atomic E-state index is 10.7. The number of aliphatic hydroxyl groups is 1. The number of thioether (sulfide) groups is 2. The minimum Gasteiger partial charge on any atom is -0.380 e. The first-order valence-corrected chi connectivity index (χ1v) is 11.2. The lowest BCUT2D eigenvalue weighted by Crippen LogP contribution is -2.38. The summed E-state index contributed by atoms with van der Waals surface area (Å²) in [5.74, 6) is 5.00. The second-order valence-electron chi connectivity index (χ2n) is 6.69. The quantitative estimate of drug-likeness (QED) is 0.877. The van der Waals surface area contributed by atoms with E-state index in [1.54, 1.807) is 10.9 Å². The summed E-state index contributed by atoms with van der Waals surface area (Å²) in [7, 11) is 1.85. The monoisotopic (exact) mass is 379 g/mol. The maximum Gasteiger partial charge on any atom is 0.139 e. The number of aliphatic hydroxyl groups excluding tert-OH is 1. The minimum absolute atomic E-state index is 0.643. The molecule has 2 aromatic rings. The van der Waals surface area contributed by atoms with Crippen LogP contribution >= 0.6 is 23.5 Å². The van der Waals surface area contributed by atoms with Crippen LogP contribution in [0.2, 0.25) is 0 Å². The van der Waals surface area contributed by atoms with Crippen molar-refractivity contribution in [1.82, 2.24) is 24.5 Å². The van der Waals surface area contributed by atoms with Crippen LogP contribution < -0.4 is 0 Å². The molecular weight excluding hydrogens is 354 g/mol. The van der Waals surface area contributed by atoms with Crippen LogP contribution in [0.4, 0.5) is 0 Å². The third-order valence-electron chi connectivity index (χ3n) is 4.99. The van der Waals surface area contributed by atoms with E-state index in [1.165, 1.54) is 28.7 Å². The van der Waals surface area contributed by atoms with E-state index in [0.717, 1.165) is 37.4 Å². The van der Waals surface area contributed by atoms with Crippen molar-refractivity contribution in [2.24, 2.45) is 7.05 Å². The molecule has 4 rings (SSSR count). The summed E-state index contributed by atoms with van der Waals surface area (Å²) in [5, 5.41) is 19.5. The summed E-state index contributed by atoms with van der Waals surface area (Å²) < 4.78 is 3.80. The molecule has 2 aliphatic rings. The summed E-state index contributed by atoms with van der Waals surface area (Å²) in [6.07, 6.45) is 2.11. The van der Waals surface area contributed by atoms with E-state index >= 15 is 0 Å². The van der Waals surface area contributed by atoms with E-state index in [9.17, 15) is 5.11 Å². The molecule has 136 valence electrons. The lowest BCUT2D eigenvalue weighted by atomic mass is 10.1. The molecule has 0 spiro atoms. The standard InChI is InChI=1S/C17H25N5OS2/c1-20-16(3-4-18-20)17(23)15-9-13-10-21(5-2-6-22(13)19-15)14-11-24-7-8-25-12-14/h3-4,9,14,17,23H,2,5-8,10-12H2,1H3/t17-/m0/s1. The van der Waals surface area contributed by atoms with Crippen LogP contribution in [0.5, 0.6) is 0 Å². The molecular formula is C17H25N5OS2. The number of hydrogen-bond donors (Lipinski definition) is 1. The number of aryl methyl sites for hydroxylation is 2. The van der Waals surface area contributed by atoms with Gasteiger partial charge in [-0.2, -0.15) is 33.7 Å². The lowest BCUT2D eigenvalue weighted by molar-refractivity contribution is 0.203. The van der Waals surface area contributed by atoms with Crippen molar-refractivity contribution in [1.29, 1.82) is 0 Å². The zero-order valence-electron chi connectivity index (χ0n) is 14.5. The summed E-state index contributed by atoms with van der Waals surface area (Å²) in [5.41, 5.74) is 2.72. The van der Waals surface area contributed by atoms with Gasteiger partial charge in [-0.3, -0.25) is 14.3 Å². The van der Waals surface area contributed by atoms with Gasteiger partial charge in [0.2, 0.25) is 0 Å². The fraction of sp³-hybridized carbons (Fsp3) is 0.647. The van der Waals surface area contributed by atoms with E-state index in [2.05, 4.69) is 44.3 Å². The van der Waals surface area contributed by atoms with Crippen molar-refractivity contribution >= 4 is 23.5 Å². The van der Waals surface area contributed by atoms with Gasteiger partial charge in [-0.05, 0) is 18.6 Å². The van der Waals surface area contributed by atoms with Crippen LogP contribution in [-0.4, -0.2) is 65.2 Å². The molecule has 0 aromatic carbocycles. The molecule has 0 bridgehead atoms. The maximum absolute atomic E-state index is 10.7. The highest BCUT2D eigenvalue weighted by Gasteiger charge is 2.26. The molecule has 0 saturated carbocycles. The normalized spacial score (nSPS) is 21.5. The van der Waals surface area contributed by atoms with Crippen LogP contribution in [-0.2, 0) is 20.1 Å². The van der Waals surface area contributed by atoms with Crippen molar-refractivity contribution in [3.63, 3.8) is 0 Å². The summed E-state index contributed by atoms with van der Waals surface area (Å²) >= 11 is 4.16. The second-order valence-corrected chi connectivity index (χ2v) is 8.99. The van der Waals surface area contributed by atoms with E-state index in [0.29, 0.717) is 6.04 Å². The minimum atomic E-state index is -0.718. The highest BCUT2D eigenvalue weighted by atomic mass is 32.2. The van der Waals surface area contributed by atoms with Gasteiger partial charge in [0.25, 0.3) is 0 Å². The van der Waals surface area contributed by atoms with Gasteiger partial charge in [0.05, 0.1) is 17.1 Å². The van der Waals surface area contributed by atoms with Gasteiger partial charge in [-0.15, -0.1) is 0 Å². The van der Waals surface area contributed by atoms with Gasteiger partial charge in [-0.1, -0.05) is 0 Å². The molecule has 0 radical (unpaired) electrons. The molecule has 1 atom stereocenters. The zero-order chi connectivity index (χ0) is 17.2. The predicted molar refractivity (Wildman–Crippen MR) is 103 cm³/mol. The van der Waals surface area contributed by atoms with Crippen LogP contribution in [0, 0.1) is 0 Å². The molecule has 1 saturated heterocycles. The first-order chi connectivity index (χ1) is 12.2. The van der Waals surface area contributed by atoms with E-state index in [-0.39, 0.29) is 0 Å². The van der Waals surface area contributed by atoms with Gasteiger partial charge in [-0.25, -0.2) is 0 Å². The molecule has 0 aliphatic carbocycles. The van der Waals surface area contributed by atoms with Crippen molar-refractivity contribution in [3.05, 3.63) is 35.4 Å². The van der Waals surface area contributed by atoms with Gasteiger partial charge >= 0.3 is 0 Å².